The summed E-state index contributed by atoms with van der Waals surface area (Å²) < 4.78 is 2.00. The zero-order valence-electron chi connectivity index (χ0n) is 18.4. The lowest BCUT2D eigenvalue weighted by Crippen LogP contribution is -2.48. The number of carbonyl (C=O) groups excluding carboxylic acids is 2. The van der Waals surface area contributed by atoms with E-state index in [-0.39, 0.29) is 11.8 Å². The average Bonchev–Trinajstić information content (AvgIpc) is 3.29. The van der Waals surface area contributed by atoms with Crippen LogP contribution in [0, 0.1) is 5.92 Å². The molecular weight excluding hydrogens is 410 g/mol. The van der Waals surface area contributed by atoms with E-state index in [1.165, 1.54) is 0 Å². The molecular formula is C23H31N5O2S. The lowest BCUT2D eigenvalue weighted by molar-refractivity contribution is -0.134. The number of carbonyl (C=O) groups is 2. The smallest absolute Gasteiger partial charge is 0.253 e. The number of hydrogen-bond donors (Lipinski definition) is 0. The first-order chi connectivity index (χ1) is 15.0. The Kier molecular flexibility index (Phi) is 6.97. The molecule has 3 heterocycles. The summed E-state index contributed by atoms with van der Waals surface area (Å²) in [6.07, 6.45) is 8.07. The van der Waals surface area contributed by atoms with E-state index in [9.17, 15) is 9.59 Å². The molecule has 2 amide bonds. The maximum atomic E-state index is 13.1. The second-order valence-corrected chi connectivity index (χ2v) is 9.23. The minimum absolute atomic E-state index is 0.0662. The molecule has 0 radical (unpaired) electrons. The van der Waals surface area contributed by atoms with Crippen LogP contribution in [0.3, 0.4) is 0 Å². The molecule has 1 aromatic carbocycles. The van der Waals surface area contributed by atoms with Gasteiger partial charge in [0.05, 0.1) is 0 Å². The van der Waals surface area contributed by atoms with Gasteiger partial charge in [0.25, 0.3) is 5.91 Å². The van der Waals surface area contributed by atoms with Crippen molar-refractivity contribution in [2.75, 3.05) is 52.6 Å². The number of likely N-dealkylation sites (N-methyl/N-ethyl adjacent to an activating group) is 1. The Labute approximate surface area is 188 Å². The number of piperidine rings is 1. The summed E-state index contributed by atoms with van der Waals surface area (Å²) in [7, 11) is 2.10. The molecule has 2 fully saturated rings. The van der Waals surface area contributed by atoms with Crippen molar-refractivity contribution in [3.05, 3.63) is 42.2 Å². The van der Waals surface area contributed by atoms with Gasteiger partial charge in [0.1, 0.15) is 0 Å². The number of amides is 2. The molecule has 0 bridgehead atoms. The predicted molar refractivity (Wildman–Crippen MR) is 123 cm³/mol. The van der Waals surface area contributed by atoms with Crippen molar-refractivity contribution in [2.24, 2.45) is 5.92 Å². The summed E-state index contributed by atoms with van der Waals surface area (Å²) in [5.74, 6) is 0.713. The zero-order chi connectivity index (χ0) is 21.8. The van der Waals surface area contributed by atoms with E-state index >= 15 is 0 Å². The summed E-state index contributed by atoms with van der Waals surface area (Å²) in [4.78, 5) is 36.3. The number of likely N-dealkylation sites (tertiary alicyclic amines) is 1. The highest BCUT2D eigenvalue weighted by atomic mass is 32.2. The van der Waals surface area contributed by atoms with Gasteiger partial charge in [-0.1, -0.05) is 17.8 Å². The van der Waals surface area contributed by atoms with Crippen LogP contribution in [0.25, 0.3) is 5.69 Å². The van der Waals surface area contributed by atoms with Gasteiger partial charge in [-0.2, -0.15) is 0 Å². The Morgan fingerprint density at radius 3 is 2.52 bits per heavy atom. The summed E-state index contributed by atoms with van der Waals surface area (Å²) in [5.41, 5.74) is 1.64. The van der Waals surface area contributed by atoms with Gasteiger partial charge < -0.3 is 14.7 Å². The molecule has 166 valence electrons. The number of rotatable bonds is 5. The fraction of sp³-hybridized carbons (Fsp3) is 0.522. The van der Waals surface area contributed by atoms with Gasteiger partial charge in [-0.05, 0) is 50.3 Å². The molecule has 4 rings (SSSR count). The van der Waals surface area contributed by atoms with Crippen LogP contribution < -0.4 is 0 Å². The number of imidazole rings is 1. The first-order valence-electron chi connectivity index (χ1n) is 11.0. The molecule has 2 aliphatic heterocycles. The average molecular weight is 442 g/mol. The molecule has 0 N–H and O–H groups in total. The molecule has 2 aliphatic rings. The van der Waals surface area contributed by atoms with E-state index in [1.807, 2.05) is 51.1 Å². The van der Waals surface area contributed by atoms with Crippen molar-refractivity contribution in [2.45, 2.75) is 24.4 Å². The third-order valence-corrected chi connectivity index (χ3v) is 7.05. The van der Waals surface area contributed by atoms with Crippen LogP contribution in [0.5, 0.6) is 0 Å². The molecule has 7 nitrogen and oxygen atoms in total. The maximum Gasteiger partial charge on any atom is 0.253 e. The summed E-state index contributed by atoms with van der Waals surface area (Å²) in [6, 6.07) is 7.74. The molecule has 31 heavy (non-hydrogen) atoms. The Bertz CT molecular complexity index is 914. The van der Waals surface area contributed by atoms with Gasteiger partial charge in [0, 0.05) is 69.3 Å². The van der Waals surface area contributed by atoms with Crippen molar-refractivity contribution in [3.8, 4) is 5.69 Å². The molecule has 0 spiro atoms. The number of nitrogens with zero attached hydrogens (tertiary/aromatic N) is 5. The lowest BCUT2D eigenvalue weighted by atomic mass is 9.92. The minimum Gasteiger partial charge on any atom is -0.340 e. The summed E-state index contributed by atoms with van der Waals surface area (Å²) in [6.45, 7) is 5.00. The standard InChI is InChI=1S/C23H31N5O2S/c1-25-12-14-26(15-13-25)21(29)16-18-6-9-27(10-7-18)22(30)19-4-3-5-20(17-19)28-11-8-24-23(28)31-2/h3-5,8,11,17-18H,6-7,9-10,12-16H2,1-2H3. The second kappa shape index (κ2) is 9.87. The highest BCUT2D eigenvalue weighted by molar-refractivity contribution is 7.98. The Hall–Kier alpha value is -2.32. The van der Waals surface area contributed by atoms with Crippen molar-refractivity contribution in [3.63, 3.8) is 0 Å². The molecule has 0 atom stereocenters. The maximum absolute atomic E-state index is 13.1. The first kappa shape index (κ1) is 21.9. The van der Waals surface area contributed by atoms with E-state index in [1.54, 1.807) is 18.0 Å². The van der Waals surface area contributed by atoms with Gasteiger partial charge in [-0.15, -0.1) is 0 Å². The molecule has 8 heteroatoms. The minimum atomic E-state index is 0.0662. The van der Waals surface area contributed by atoms with Crippen molar-refractivity contribution in [1.82, 2.24) is 24.3 Å². The molecule has 2 aromatic rings. The number of aromatic nitrogens is 2. The lowest BCUT2D eigenvalue weighted by Gasteiger charge is -2.35. The van der Waals surface area contributed by atoms with E-state index in [0.717, 1.165) is 49.9 Å². The SMILES string of the molecule is CSc1nccn1-c1cccc(C(=O)N2CCC(CC(=O)N3CCN(C)CC3)CC2)c1. The van der Waals surface area contributed by atoms with Crippen molar-refractivity contribution < 1.29 is 9.59 Å². The van der Waals surface area contributed by atoms with Crippen LogP contribution in [0.15, 0.2) is 41.8 Å². The van der Waals surface area contributed by atoms with Crippen molar-refractivity contribution in [1.29, 1.82) is 0 Å². The molecule has 2 saturated heterocycles. The van der Waals surface area contributed by atoms with E-state index in [2.05, 4.69) is 16.9 Å². The van der Waals surface area contributed by atoms with Gasteiger partial charge in [0.15, 0.2) is 5.16 Å². The largest absolute Gasteiger partial charge is 0.340 e. The molecule has 1 aromatic heterocycles. The Balaban J connectivity index is 1.32. The predicted octanol–water partition coefficient (Wildman–Crippen LogP) is 2.61. The second-order valence-electron chi connectivity index (χ2n) is 8.46. The summed E-state index contributed by atoms with van der Waals surface area (Å²) >= 11 is 1.58. The third-order valence-electron chi connectivity index (χ3n) is 6.38. The fourth-order valence-electron chi connectivity index (χ4n) is 4.38. The normalized spacial score (nSPS) is 18.4. The Morgan fingerprint density at radius 2 is 1.81 bits per heavy atom. The van der Waals surface area contributed by atoms with Crippen molar-refractivity contribution >= 4 is 23.6 Å². The van der Waals surface area contributed by atoms with Crippen LogP contribution in [-0.2, 0) is 4.79 Å². The fourth-order valence-corrected chi connectivity index (χ4v) is 4.91. The van der Waals surface area contributed by atoms with Gasteiger partial charge >= 0.3 is 0 Å². The van der Waals surface area contributed by atoms with Crippen LogP contribution in [0.1, 0.15) is 29.6 Å². The third kappa shape index (κ3) is 5.13. The number of benzene rings is 1. The van der Waals surface area contributed by atoms with Crippen LogP contribution >= 0.6 is 11.8 Å². The van der Waals surface area contributed by atoms with Gasteiger partial charge in [0.2, 0.25) is 5.91 Å². The van der Waals surface area contributed by atoms with Gasteiger partial charge in [-0.3, -0.25) is 14.2 Å². The highest BCUT2D eigenvalue weighted by Gasteiger charge is 2.27. The number of hydrogen-bond acceptors (Lipinski definition) is 5. The first-order valence-corrected chi connectivity index (χ1v) is 12.2. The number of piperazine rings is 1. The van der Waals surface area contributed by atoms with Crippen LogP contribution in [-0.4, -0.2) is 88.6 Å². The molecule has 0 unspecified atom stereocenters. The monoisotopic (exact) mass is 441 g/mol. The highest BCUT2D eigenvalue weighted by Crippen LogP contribution is 2.24. The van der Waals surface area contributed by atoms with E-state index in [4.69, 9.17) is 0 Å². The zero-order valence-corrected chi connectivity index (χ0v) is 19.2. The van der Waals surface area contributed by atoms with E-state index < -0.39 is 0 Å². The molecule has 0 saturated carbocycles. The topological polar surface area (TPSA) is 61.7 Å². The molecule has 0 aliphatic carbocycles. The quantitative estimate of drug-likeness (QED) is 0.668. The van der Waals surface area contributed by atoms with Crippen LogP contribution in [0.4, 0.5) is 0 Å². The van der Waals surface area contributed by atoms with E-state index in [0.29, 0.717) is 31.0 Å². The van der Waals surface area contributed by atoms with Gasteiger partial charge in [-0.25, -0.2) is 4.98 Å². The van der Waals surface area contributed by atoms with Crippen LogP contribution in [0.2, 0.25) is 0 Å². The Morgan fingerprint density at radius 1 is 1.06 bits per heavy atom. The summed E-state index contributed by atoms with van der Waals surface area (Å²) in [5, 5.41) is 0.899. The number of thioether (sulfide) groups is 1.